The lowest BCUT2D eigenvalue weighted by Crippen LogP contribution is -2.51. The minimum atomic E-state index is -0.00850. The second-order valence-corrected chi connectivity index (χ2v) is 4.99. The van der Waals surface area contributed by atoms with E-state index in [1.807, 2.05) is 4.90 Å². The van der Waals surface area contributed by atoms with E-state index in [0.29, 0.717) is 26.2 Å². The number of aromatic nitrogens is 4. The summed E-state index contributed by atoms with van der Waals surface area (Å²) in [5.41, 5.74) is 0. The number of carbonyl (C=O) groups excluding carboxylic acids is 2. The summed E-state index contributed by atoms with van der Waals surface area (Å²) in [5.74, 6) is 0.502. The Kier molecular flexibility index (Phi) is 3.14. The van der Waals surface area contributed by atoms with Crippen molar-refractivity contribution in [3.63, 3.8) is 0 Å². The Morgan fingerprint density at radius 2 is 1.79 bits per heavy atom. The smallest absolute Gasteiger partial charge is 0.244 e. The third-order valence-corrected chi connectivity index (χ3v) is 3.56. The average molecular weight is 264 g/mol. The van der Waals surface area contributed by atoms with Gasteiger partial charge in [0.1, 0.15) is 12.9 Å². The molecule has 0 N–H and O–H groups in total. The van der Waals surface area contributed by atoms with Crippen LogP contribution in [0.15, 0.2) is 6.33 Å². The SMILES string of the molecule is O=C(Cn1cnnn1)N1CCN(C(=O)C2CC2)CC1. The summed E-state index contributed by atoms with van der Waals surface area (Å²) in [6.07, 6.45) is 3.47. The van der Waals surface area contributed by atoms with Crippen LogP contribution < -0.4 is 0 Å². The molecular formula is C11H16N6O2. The van der Waals surface area contributed by atoms with E-state index in [1.54, 1.807) is 4.90 Å². The van der Waals surface area contributed by atoms with Gasteiger partial charge in [-0.3, -0.25) is 9.59 Å². The Bertz CT molecular complexity index is 462. The molecule has 8 heteroatoms. The molecule has 0 atom stereocenters. The molecule has 1 saturated carbocycles. The maximum absolute atomic E-state index is 12.0. The summed E-state index contributed by atoms with van der Waals surface area (Å²) in [6, 6.07) is 0. The van der Waals surface area contributed by atoms with Crippen LogP contribution in [0.2, 0.25) is 0 Å². The molecular weight excluding hydrogens is 248 g/mol. The van der Waals surface area contributed by atoms with Gasteiger partial charge in [-0.25, -0.2) is 4.68 Å². The van der Waals surface area contributed by atoms with Gasteiger partial charge in [0, 0.05) is 32.1 Å². The number of tetrazole rings is 1. The Labute approximate surface area is 110 Å². The molecule has 0 aromatic carbocycles. The van der Waals surface area contributed by atoms with E-state index in [4.69, 9.17) is 0 Å². The van der Waals surface area contributed by atoms with Crippen LogP contribution >= 0.6 is 0 Å². The van der Waals surface area contributed by atoms with E-state index in [0.717, 1.165) is 12.8 Å². The summed E-state index contributed by atoms with van der Waals surface area (Å²) >= 11 is 0. The number of carbonyl (C=O) groups is 2. The van der Waals surface area contributed by atoms with Crippen LogP contribution in [0.4, 0.5) is 0 Å². The molecule has 2 aliphatic rings. The largest absolute Gasteiger partial charge is 0.339 e. The molecule has 1 aromatic rings. The zero-order valence-electron chi connectivity index (χ0n) is 10.6. The average Bonchev–Trinajstić information content (AvgIpc) is 3.17. The highest BCUT2D eigenvalue weighted by atomic mass is 16.2. The summed E-state index contributed by atoms with van der Waals surface area (Å²) in [7, 11) is 0. The zero-order chi connectivity index (χ0) is 13.2. The fraction of sp³-hybridized carbons (Fsp3) is 0.727. The Morgan fingerprint density at radius 3 is 2.37 bits per heavy atom. The van der Waals surface area contributed by atoms with Crippen LogP contribution in [0, 0.1) is 5.92 Å². The van der Waals surface area contributed by atoms with Crippen molar-refractivity contribution in [2.24, 2.45) is 5.92 Å². The van der Waals surface area contributed by atoms with E-state index in [2.05, 4.69) is 15.5 Å². The van der Waals surface area contributed by atoms with E-state index in [1.165, 1.54) is 11.0 Å². The number of rotatable bonds is 3. The van der Waals surface area contributed by atoms with Crippen LogP contribution in [0.1, 0.15) is 12.8 Å². The third-order valence-electron chi connectivity index (χ3n) is 3.56. The molecule has 102 valence electrons. The fourth-order valence-electron chi connectivity index (χ4n) is 2.26. The highest BCUT2D eigenvalue weighted by Gasteiger charge is 2.35. The molecule has 1 aromatic heterocycles. The van der Waals surface area contributed by atoms with Crippen molar-refractivity contribution in [3.8, 4) is 0 Å². The van der Waals surface area contributed by atoms with E-state index < -0.39 is 0 Å². The van der Waals surface area contributed by atoms with Crippen LogP contribution in [0.25, 0.3) is 0 Å². The van der Waals surface area contributed by atoms with Gasteiger partial charge in [-0.05, 0) is 23.3 Å². The number of amides is 2. The topological polar surface area (TPSA) is 84.2 Å². The first-order valence-corrected chi connectivity index (χ1v) is 6.51. The second kappa shape index (κ2) is 4.94. The molecule has 1 aliphatic heterocycles. The van der Waals surface area contributed by atoms with Crippen LogP contribution in [0.5, 0.6) is 0 Å². The van der Waals surface area contributed by atoms with Crippen molar-refractivity contribution in [1.82, 2.24) is 30.0 Å². The molecule has 2 heterocycles. The van der Waals surface area contributed by atoms with Crippen molar-refractivity contribution in [3.05, 3.63) is 6.33 Å². The normalized spacial score (nSPS) is 19.6. The summed E-state index contributed by atoms with van der Waals surface area (Å²) in [4.78, 5) is 27.5. The predicted octanol–water partition coefficient (Wildman–Crippen LogP) is -1.25. The van der Waals surface area contributed by atoms with Gasteiger partial charge in [-0.1, -0.05) is 0 Å². The quantitative estimate of drug-likeness (QED) is 0.681. The molecule has 2 fully saturated rings. The summed E-state index contributed by atoms with van der Waals surface area (Å²) < 4.78 is 1.41. The number of hydrogen-bond donors (Lipinski definition) is 0. The van der Waals surface area contributed by atoms with Gasteiger partial charge in [0.25, 0.3) is 0 Å². The van der Waals surface area contributed by atoms with Crippen LogP contribution in [0.3, 0.4) is 0 Å². The summed E-state index contributed by atoms with van der Waals surface area (Å²) in [6.45, 7) is 2.62. The number of hydrogen-bond acceptors (Lipinski definition) is 5. The first kappa shape index (κ1) is 12.1. The van der Waals surface area contributed by atoms with E-state index >= 15 is 0 Å². The maximum Gasteiger partial charge on any atom is 0.244 e. The fourth-order valence-corrected chi connectivity index (χ4v) is 2.26. The monoisotopic (exact) mass is 264 g/mol. The van der Waals surface area contributed by atoms with E-state index in [-0.39, 0.29) is 24.3 Å². The third kappa shape index (κ3) is 2.72. The first-order valence-electron chi connectivity index (χ1n) is 6.51. The highest BCUT2D eigenvalue weighted by molar-refractivity contribution is 5.81. The number of piperazine rings is 1. The van der Waals surface area contributed by atoms with E-state index in [9.17, 15) is 9.59 Å². The van der Waals surface area contributed by atoms with Crippen molar-refractivity contribution in [1.29, 1.82) is 0 Å². The van der Waals surface area contributed by atoms with Gasteiger partial charge < -0.3 is 9.80 Å². The van der Waals surface area contributed by atoms with Crippen molar-refractivity contribution < 1.29 is 9.59 Å². The lowest BCUT2D eigenvalue weighted by atomic mass is 10.2. The standard InChI is InChI=1S/C11H16N6O2/c18-10(7-17-8-12-13-14-17)15-3-5-16(6-4-15)11(19)9-1-2-9/h8-9H,1-7H2. The Hall–Kier alpha value is -1.99. The zero-order valence-corrected chi connectivity index (χ0v) is 10.6. The minimum Gasteiger partial charge on any atom is -0.339 e. The molecule has 1 saturated heterocycles. The van der Waals surface area contributed by atoms with Gasteiger partial charge in [-0.15, -0.1) is 5.10 Å². The first-order chi connectivity index (χ1) is 9.24. The van der Waals surface area contributed by atoms with Gasteiger partial charge in [0.05, 0.1) is 0 Å². The Morgan fingerprint density at radius 1 is 1.11 bits per heavy atom. The van der Waals surface area contributed by atoms with Crippen LogP contribution in [-0.2, 0) is 16.1 Å². The van der Waals surface area contributed by atoms with Crippen molar-refractivity contribution >= 4 is 11.8 Å². The van der Waals surface area contributed by atoms with Gasteiger partial charge in [0.2, 0.25) is 11.8 Å². The Balaban J connectivity index is 1.49. The van der Waals surface area contributed by atoms with Gasteiger partial charge in [-0.2, -0.15) is 0 Å². The second-order valence-electron chi connectivity index (χ2n) is 4.99. The molecule has 0 bridgehead atoms. The van der Waals surface area contributed by atoms with Crippen molar-refractivity contribution in [2.75, 3.05) is 26.2 Å². The molecule has 0 unspecified atom stereocenters. The highest BCUT2D eigenvalue weighted by Crippen LogP contribution is 2.31. The number of nitrogens with zero attached hydrogens (tertiary/aromatic N) is 6. The van der Waals surface area contributed by atoms with Crippen LogP contribution in [-0.4, -0.2) is 68.0 Å². The molecule has 19 heavy (non-hydrogen) atoms. The predicted molar refractivity (Wildman–Crippen MR) is 63.7 cm³/mol. The molecule has 0 radical (unpaired) electrons. The lowest BCUT2D eigenvalue weighted by Gasteiger charge is -2.34. The molecule has 3 rings (SSSR count). The van der Waals surface area contributed by atoms with Crippen molar-refractivity contribution in [2.45, 2.75) is 19.4 Å². The van der Waals surface area contributed by atoms with Gasteiger partial charge in [0.15, 0.2) is 0 Å². The maximum atomic E-state index is 12.0. The minimum absolute atomic E-state index is 0.00850. The molecule has 1 aliphatic carbocycles. The molecule has 2 amide bonds. The molecule has 8 nitrogen and oxygen atoms in total. The lowest BCUT2D eigenvalue weighted by molar-refractivity contribution is -0.140. The molecule has 0 spiro atoms. The summed E-state index contributed by atoms with van der Waals surface area (Å²) in [5, 5.41) is 10.7. The van der Waals surface area contributed by atoms with Gasteiger partial charge >= 0.3 is 0 Å².